The fraction of sp³-hybridized carbons (Fsp3) is 0.500. The van der Waals surface area contributed by atoms with Gasteiger partial charge in [0.05, 0.1) is 12.9 Å². The fourth-order valence-electron chi connectivity index (χ4n) is 1.53. The van der Waals surface area contributed by atoms with E-state index in [0.717, 1.165) is 11.2 Å². The number of aliphatic hydroxyl groups is 1. The third kappa shape index (κ3) is 1.83. The highest BCUT2D eigenvalue weighted by Crippen LogP contribution is 2.19. The van der Waals surface area contributed by atoms with Gasteiger partial charge in [-0.25, -0.2) is 15.0 Å². The second-order valence-corrected chi connectivity index (χ2v) is 3.79. The zero-order valence-electron chi connectivity index (χ0n) is 9.38. The number of hydrogen-bond donors (Lipinski definition) is 2. The van der Waals surface area contributed by atoms with Crippen LogP contribution in [0.25, 0.3) is 11.2 Å². The molecule has 0 aliphatic heterocycles. The highest BCUT2D eigenvalue weighted by Gasteiger charge is 2.10. The summed E-state index contributed by atoms with van der Waals surface area (Å²) in [4.78, 5) is 12.6. The number of nitrogens with zero attached hydrogens (tertiary/aromatic N) is 4. The normalized spacial score (nSPS) is 11.2. The second-order valence-electron chi connectivity index (χ2n) is 3.79. The van der Waals surface area contributed by atoms with E-state index in [-0.39, 0.29) is 6.61 Å². The molecule has 0 radical (unpaired) electrons. The number of imidazole rings is 1. The predicted molar refractivity (Wildman–Crippen MR) is 61.3 cm³/mol. The summed E-state index contributed by atoms with van der Waals surface area (Å²) in [5.41, 5.74) is 1.55. The maximum atomic E-state index is 8.76. The van der Waals surface area contributed by atoms with Crippen LogP contribution in [-0.4, -0.2) is 37.8 Å². The minimum atomic E-state index is 0.0659. The van der Waals surface area contributed by atoms with Crippen LogP contribution in [0.3, 0.4) is 0 Å². The second kappa shape index (κ2) is 4.44. The van der Waals surface area contributed by atoms with E-state index in [1.54, 1.807) is 6.33 Å². The van der Waals surface area contributed by atoms with Crippen molar-refractivity contribution in [1.29, 1.82) is 0 Å². The average molecular weight is 221 g/mol. The highest BCUT2D eigenvalue weighted by molar-refractivity contribution is 5.82. The van der Waals surface area contributed by atoms with Gasteiger partial charge in [-0.2, -0.15) is 0 Å². The first kappa shape index (κ1) is 10.8. The predicted octanol–water partition coefficient (Wildman–Crippen LogP) is 0.811. The first-order valence-electron chi connectivity index (χ1n) is 5.26. The Balaban J connectivity index is 2.45. The minimum Gasteiger partial charge on any atom is -0.395 e. The quantitative estimate of drug-likeness (QED) is 0.799. The summed E-state index contributed by atoms with van der Waals surface area (Å²) in [6.45, 7) is 4.67. The Bertz CT molecular complexity index is 479. The monoisotopic (exact) mass is 221 g/mol. The van der Waals surface area contributed by atoms with E-state index < -0.39 is 0 Å². The van der Waals surface area contributed by atoms with Gasteiger partial charge in [-0.1, -0.05) is 0 Å². The van der Waals surface area contributed by atoms with Gasteiger partial charge in [-0.05, 0) is 13.8 Å². The molecule has 0 spiro atoms. The summed E-state index contributed by atoms with van der Waals surface area (Å²) >= 11 is 0. The number of aromatic nitrogens is 4. The van der Waals surface area contributed by atoms with Gasteiger partial charge in [0, 0.05) is 12.6 Å². The average Bonchev–Trinajstić information content (AvgIpc) is 2.70. The molecule has 2 N–H and O–H groups in total. The van der Waals surface area contributed by atoms with E-state index >= 15 is 0 Å². The van der Waals surface area contributed by atoms with Gasteiger partial charge in [0.1, 0.15) is 11.8 Å². The molecule has 2 rings (SSSR count). The van der Waals surface area contributed by atoms with Crippen LogP contribution in [0.4, 0.5) is 5.82 Å². The van der Waals surface area contributed by atoms with Crippen LogP contribution in [-0.2, 0) is 0 Å². The van der Waals surface area contributed by atoms with Crippen molar-refractivity contribution in [2.24, 2.45) is 0 Å². The van der Waals surface area contributed by atoms with Crippen molar-refractivity contribution in [2.75, 3.05) is 18.5 Å². The van der Waals surface area contributed by atoms with E-state index in [1.165, 1.54) is 6.33 Å². The first-order valence-corrected chi connectivity index (χ1v) is 5.26. The number of anilines is 1. The van der Waals surface area contributed by atoms with Crippen molar-refractivity contribution in [2.45, 2.75) is 19.9 Å². The molecule has 0 amide bonds. The van der Waals surface area contributed by atoms with Crippen molar-refractivity contribution in [1.82, 2.24) is 19.5 Å². The molecule has 0 fully saturated rings. The molecule has 2 heterocycles. The molecule has 0 bridgehead atoms. The van der Waals surface area contributed by atoms with E-state index in [9.17, 15) is 0 Å². The van der Waals surface area contributed by atoms with Gasteiger partial charge < -0.3 is 15.0 Å². The first-order chi connectivity index (χ1) is 7.74. The van der Waals surface area contributed by atoms with Gasteiger partial charge in [0.2, 0.25) is 0 Å². The maximum Gasteiger partial charge on any atom is 0.165 e. The molecular formula is C10H15N5O. The zero-order chi connectivity index (χ0) is 11.5. The van der Waals surface area contributed by atoms with Crippen LogP contribution >= 0.6 is 0 Å². The Morgan fingerprint density at radius 2 is 2.19 bits per heavy atom. The summed E-state index contributed by atoms with van der Waals surface area (Å²) in [7, 11) is 0. The summed E-state index contributed by atoms with van der Waals surface area (Å²) in [5.74, 6) is 0.665. The molecule has 0 aromatic carbocycles. The zero-order valence-corrected chi connectivity index (χ0v) is 9.38. The van der Waals surface area contributed by atoms with Crippen molar-refractivity contribution in [3.8, 4) is 0 Å². The number of fused-ring (bicyclic) bond motifs is 1. The molecule has 16 heavy (non-hydrogen) atoms. The third-order valence-electron chi connectivity index (χ3n) is 2.32. The Kier molecular flexibility index (Phi) is 3.00. The highest BCUT2D eigenvalue weighted by atomic mass is 16.3. The van der Waals surface area contributed by atoms with E-state index in [2.05, 4.69) is 34.1 Å². The van der Waals surface area contributed by atoms with Gasteiger partial charge in [-0.3, -0.25) is 0 Å². The van der Waals surface area contributed by atoms with Gasteiger partial charge >= 0.3 is 0 Å². The molecule has 0 atom stereocenters. The van der Waals surface area contributed by atoms with Crippen LogP contribution in [0.15, 0.2) is 12.7 Å². The van der Waals surface area contributed by atoms with E-state index in [1.807, 2.05) is 4.57 Å². The smallest absolute Gasteiger partial charge is 0.165 e. The summed E-state index contributed by atoms with van der Waals surface area (Å²) in [5, 5.41) is 11.8. The van der Waals surface area contributed by atoms with Gasteiger partial charge in [0.25, 0.3) is 0 Å². The van der Waals surface area contributed by atoms with Crippen molar-refractivity contribution < 1.29 is 5.11 Å². The van der Waals surface area contributed by atoms with Crippen LogP contribution in [0, 0.1) is 0 Å². The number of nitrogens with one attached hydrogen (secondary N) is 1. The van der Waals surface area contributed by atoms with E-state index in [0.29, 0.717) is 18.4 Å². The van der Waals surface area contributed by atoms with Crippen molar-refractivity contribution in [3.05, 3.63) is 12.7 Å². The fourth-order valence-corrected chi connectivity index (χ4v) is 1.53. The Morgan fingerprint density at radius 3 is 2.88 bits per heavy atom. The Morgan fingerprint density at radius 1 is 1.38 bits per heavy atom. The van der Waals surface area contributed by atoms with Crippen LogP contribution in [0.2, 0.25) is 0 Å². The van der Waals surface area contributed by atoms with E-state index in [4.69, 9.17) is 5.11 Å². The van der Waals surface area contributed by atoms with Gasteiger partial charge in [-0.15, -0.1) is 0 Å². The number of aliphatic hydroxyl groups excluding tert-OH is 1. The molecule has 2 aromatic heterocycles. The molecule has 0 unspecified atom stereocenters. The molecule has 0 aliphatic carbocycles. The lowest BCUT2D eigenvalue weighted by molar-refractivity contribution is 0.311. The molecule has 6 heteroatoms. The summed E-state index contributed by atoms with van der Waals surface area (Å²) in [6.07, 6.45) is 3.26. The van der Waals surface area contributed by atoms with Gasteiger partial charge in [0.15, 0.2) is 11.5 Å². The molecular weight excluding hydrogens is 206 g/mol. The standard InChI is InChI=1S/C10H15N5O/c1-7(2)15-6-14-8-9(11-3-4-16)12-5-13-10(8)15/h5-7,16H,3-4H2,1-2H3,(H,11,12,13). The number of rotatable bonds is 4. The molecule has 86 valence electrons. The Labute approximate surface area is 93.4 Å². The largest absolute Gasteiger partial charge is 0.395 e. The minimum absolute atomic E-state index is 0.0659. The van der Waals surface area contributed by atoms with Crippen LogP contribution < -0.4 is 5.32 Å². The lowest BCUT2D eigenvalue weighted by Crippen LogP contribution is -2.08. The third-order valence-corrected chi connectivity index (χ3v) is 2.32. The Hall–Kier alpha value is -1.69. The van der Waals surface area contributed by atoms with Crippen molar-refractivity contribution >= 4 is 17.0 Å². The lowest BCUT2D eigenvalue weighted by atomic mass is 10.4. The summed E-state index contributed by atoms with van der Waals surface area (Å²) in [6, 6.07) is 0.311. The molecule has 0 saturated heterocycles. The SMILES string of the molecule is CC(C)n1cnc2c(NCCO)ncnc21. The van der Waals surface area contributed by atoms with Crippen LogP contribution in [0.5, 0.6) is 0 Å². The van der Waals surface area contributed by atoms with Crippen LogP contribution in [0.1, 0.15) is 19.9 Å². The summed E-state index contributed by atoms with van der Waals surface area (Å²) < 4.78 is 1.99. The lowest BCUT2D eigenvalue weighted by Gasteiger charge is -2.07. The molecule has 6 nitrogen and oxygen atoms in total. The maximum absolute atomic E-state index is 8.76. The topological polar surface area (TPSA) is 75.9 Å². The number of hydrogen-bond acceptors (Lipinski definition) is 5. The molecule has 2 aromatic rings. The molecule has 0 aliphatic rings. The van der Waals surface area contributed by atoms with Crippen molar-refractivity contribution in [3.63, 3.8) is 0 Å². The molecule has 0 saturated carbocycles.